The molecule has 2 fully saturated rings. The minimum atomic E-state index is 0.310. The minimum absolute atomic E-state index is 0.310. The van der Waals surface area contributed by atoms with Crippen molar-refractivity contribution in [2.24, 2.45) is 4.99 Å². The first-order valence-electron chi connectivity index (χ1n) is 10.3. The van der Waals surface area contributed by atoms with Crippen molar-refractivity contribution >= 4 is 17.3 Å². The van der Waals surface area contributed by atoms with Crippen LogP contribution in [-0.4, -0.2) is 67.9 Å². The topological polar surface area (TPSA) is 59.0 Å². The van der Waals surface area contributed by atoms with Crippen LogP contribution in [0.2, 0.25) is 0 Å². The van der Waals surface area contributed by atoms with Crippen LogP contribution in [0.1, 0.15) is 47.7 Å². The molecule has 3 heterocycles. The van der Waals surface area contributed by atoms with E-state index in [4.69, 9.17) is 9.47 Å². The summed E-state index contributed by atoms with van der Waals surface area (Å²) in [7, 11) is 1.87. The second-order valence-electron chi connectivity index (χ2n) is 7.47. The molecule has 1 unspecified atom stereocenters. The van der Waals surface area contributed by atoms with E-state index in [9.17, 15) is 0 Å². The van der Waals surface area contributed by atoms with Crippen LogP contribution < -0.4 is 5.32 Å². The highest BCUT2D eigenvalue weighted by atomic mass is 32.1. The Bertz CT molecular complexity index is 605. The van der Waals surface area contributed by atoms with Crippen LogP contribution in [0.4, 0.5) is 0 Å². The Hall–Kier alpha value is -1.18. The van der Waals surface area contributed by atoms with Crippen LogP contribution in [-0.2, 0) is 15.9 Å². The quantitative estimate of drug-likeness (QED) is 0.594. The highest BCUT2D eigenvalue weighted by Gasteiger charge is 2.23. The molecule has 0 amide bonds. The third-order valence-corrected chi connectivity index (χ3v) is 6.51. The largest absolute Gasteiger partial charge is 0.376 e. The summed E-state index contributed by atoms with van der Waals surface area (Å²) >= 11 is 1.80. The van der Waals surface area contributed by atoms with Crippen LogP contribution in [0.5, 0.6) is 0 Å². The monoisotopic (exact) mass is 394 g/mol. The Labute approximate surface area is 167 Å². The van der Waals surface area contributed by atoms with Gasteiger partial charge in [0.25, 0.3) is 0 Å². The molecule has 2 aliphatic heterocycles. The van der Waals surface area contributed by atoms with E-state index in [2.05, 4.69) is 34.0 Å². The second-order valence-corrected chi connectivity index (χ2v) is 8.76. The Morgan fingerprint density at radius 1 is 1.30 bits per heavy atom. The summed E-state index contributed by atoms with van der Waals surface area (Å²) in [5.74, 6) is 1.00. The maximum absolute atomic E-state index is 6.12. The van der Waals surface area contributed by atoms with Gasteiger partial charge in [-0.2, -0.15) is 0 Å². The Morgan fingerprint density at radius 2 is 2.11 bits per heavy atom. The molecule has 1 aromatic rings. The molecule has 0 aliphatic carbocycles. The number of thiazole rings is 1. The lowest BCUT2D eigenvalue weighted by atomic mass is 10.1. The van der Waals surface area contributed by atoms with Gasteiger partial charge < -0.3 is 19.7 Å². The standard InChI is InChI=1S/C20H34N4O2S/c1-15-19(27-16(2)23-15)7-10-22-20(21-3)24-11-8-17(9-12-24)26-14-18-6-4-5-13-25-18/h17-18H,4-14H2,1-3H3,(H,21,22). The number of nitrogens with zero attached hydrogens (tertiary/aromatic N) is 3. The number of piperidine rings is 1. The van der Waals surface area contributed by atoms with E-state index in [1.165, 1.54) is 17.7 Å². The summed E-state index contributed by atoms with van der Waals surface area (Å²) in [6.07, 6.45) is 7.39. The Balaban J connectivity index is 1.36. The minimum Gasteiger partial charge on any atom is -0.376 e. The normalized spacial score (nSPS) is 22.3. The van der Waals surface area contributed by atoms with E-state index < -0.39 is 0 Å². The molecule has 2 saturated heterocycles. The first-order chi connectivity index (χ1) is 13.2. The van der Waals surface area contributed by atoms with Gasteiger partial charge in [0.2, 0.25) is 0 Å². The molecule has 6 nitrogen and oxygen atoms in total. The van der Waals surface area contributed by atoms with Crippen molar-refractivity contribution in [3.63, 3.8) is 0 Å². The molecule has 0 saturated carbocycles. The van der Waals surface area contributed by atoms with Gasteiger partial charge >= 0.3 is 0 Å². The van der Waals surface area contributed by atoms with Gasteiger partial charge in [-0.15, -0.1) is 11.3 Å². The van der Waals surface area contributed by atoms with Gasteiger partial charge in [-0.25, -0.2) is 4.98 Å². The van der Waals surface area contributed by atoms with Crippen molar-refractivity contribution in [2.75, 3.05) is 39.9 Å². The molecule has 27 heavy (non-hydrogen) atoms. The number of nitrogens with one attached hydrogen (secondary N) is 1. The highest BCUT2D eigenvalue weighted by molar-refractivity contribution is 7.11. The number of ether oxygens (including phenoxy) is 2. The molecule has 1 N–H and O–H groups in total. The molecular weight excluding hydrogens is 360 g/mol. The lowest BCUT2D eigenvalue weighted by molar-refractivity contribution is -0.0721. The van der Waals surface area contributed by atoms with Crippen LogP contribution in [0.3, 0.4) is 0 Å². The van der Waals surface area contributed by atoms with Gasteiger partial charge in [0.05, 0.1) is 29.5 Å². The summed E-state index contributed by atoms with van der Waals surface area (Å²) in [6.45, 7) is 8.70. The molecule has 1 atom stereocenters. The lowest BCUT2D eigenvalue weighted by Gasteiger charge is -2.35. The zero-order valence-corrected chi connectivity index (χ0v) is 17.8. The molecule has 152 valence electrons. The summed E-state index contributed by atoms with van der Waals surface area (Å²) < 4.78 is 11.9. The first kappa shape index (κ1) is 20.6. The first-order valence-corrected chi connectivity index (χ1v) is 11.1. The predicted octanol–water partition coefficient (Wildman–Crippen LogP) is 2.93. The average Bonchev–Trinajstić information content (AvgIpc) is 3.02. The number of aryl methyl sites for hydroxylation is 2. The summed E-state index contributed by atoms with van der Waals surface area (Å²) in [5.41, 5.74) is 1.16. The molecule has 2 aliphatic rings. The van der Waals surface area contributed by atoms with Crippen molar-refractivity contribution in [1.82, 2.24) is 15.2 Å². The number of aliphatic imine (C=N–C) groups is 1. The number of hydrogen-bond acceptors (Lipinski definition) is 5. The van der Waals surface area contributed by atoms with E-state index >= 15 is 0 Å². The van der Waals surface area contributed by atoms with Gasteiger partial charge in [-0.05, 0) is 46.0 Å². The fraction of sp³-hybridized carbons (Fsp3) is 0.800. The van der Waals surface area contributed by atoms with Gasteiger partial charge in [-0.3, -0.25) is 4.99 Å². The zero-order valence-electron chi connectivity index (χ0n) is 17.0. The van der Waals surface area contributed by atoms with Crippen LogP contribution in [0.15, 0.2) is 4.99 Å². The van der Waals surface area contributed by atoms with Gasteiger partial charge in [0.15, 0.2) is 5.96 Å². The van der Waals surface area contributed by atoms with Crippen molar-refractivity contribution in [1.29, 1.82) is 0 Å². The number of guanidine groups is 1. The lowest BCUT2D eigenvalue weighted by Crippen LogP contribution is -2.47. The fourth-order valence-electron chi connectivity index (χ4n) is 3.84. The maximum atomic E-state index is 6.12. The highest BCUT2D eigenvalue weighted by Crippen LogP contribution is 2.19. The summed E-state index contributed by atoms with van der Waals surface area (Å²) in [4.78, 5) is 12.7. The zero-order chi connectivity index (χ0) is 19.1. The van der Waals surface area contributed by atoms with E-state index in [-0.39, 0.29) is 0 Å². The van der Waals surface area contributed by atoms with E-state index in [1.54, 1.807) is 11.3 Å². The van der Waals surface area contributed by atoms with Gasteiger partial charge in [-0.1, -0.05) is 0 Å². The molecule has 3 rings (SSSR count). The smallest absolute Gasteiger partial charge is 0.193 e. The number of likely N-dealkylation sites (tertiary alicyclic amines) is 1. The van der Waals surface area contributed by atoms with Gasteiger partial charge in [0.1, 0.15) is 0 Å². The average molecular weight is 395 g/mol. The van der Waals surface area contributed by atoms with Crippen molar-refractivity contribution in [3.8, 4) is 0 Å². The van der Waals surface area contributed by atoms with Crippen LogP contribution in [0.25, 0.3) is 0 Å². The van der Waals surface area contributed by atoms with Crippen LogP contribution >= 0.6 is 11.3 Å². The number of rotatable bonds is 6. The SMILES string of the molecule is CN=C(NCCc1sc(C)nc1C)N1CCC(OCC2CCCCO2)CC1. The Morgan fingerprint density at radius 3 is 2.74 bits per heavy atom. The van der Waals surface area contributed by atoms with Crippen molar-refractivity contribution < 1.29 is 9.47 Å². The number of hydrogen-bond donors (Lipinski definition) is 1. The van der Waals surface area contributed by atoms with E-state index in [0.29, 0.717) is 12.2 Å². The van der Waals surface area contributed by atoms with E-state index in [0.717, 1.165) is 75.2 Å². The predicted molar refractivity (Wildman–Crippen MR) is 111 cm³/mol. The third-order valence-electron chi connectivity index (χ3n) is 5.38. The molecule has 1 aromatic heterocycles. The molecule has 0 aromatic carbocycles. The molecule has 0 bridgehead atoms. The summed E-state index contributed by atoms with van der Waals surface area (Å²) in [6, 6.07) is 0. The molecule has 0 radical (unpaired) electrons. The van der Waals surface area contributed by atoms with E-state index in [1.807, 2.05) is 7.05 Å². The number of aromatic nitrogens is 1. The summed E-state index contributed by atoms with van der Waals surface area (Å²) in [5, 5.41) is 4.66. The van der Waals surface area contributed by atoms with Gasteiger partial charge in [0, 0.05) is 44.6 Å². The molecule has 7 heteroatoms. The van der Waals surface area contributed by atoms with Crippen molar-refractivity contribution in [2.45, 2.75) is 64.6 Å². The molecule has 0 spiro atoms. The maximum Gasteiger partial charge on any atom is 0.193 e. The van der Waals surface area contributed by atoms with Crippen LogP contribution in [0, 0.1) is 13.8 Å². The Kier molecular flexibility index (Phi) is 7.91. The molecular formula is C20H34N4O2S. The van der Waals surface area contributed by atoms with Crippen molar-refractivity contribution in [3.05, 3.63) is 15.6 Å². The third kappa shape index (κ3) is 6.16. The second kappa shape index (κ2) is 10.4. The fourth-order valence-corrected chi connectivity index (χ4v) is 4.78.